The van der Waals surface area contributed by atoms with Gasteiger partial charge < -0.3 is 20.1 Å². The minimum absolute atomic E-state index is 0.164. The summed E-state index contributed by atoms with van der Waals surface area (Å²) < 4.78 is 5.41. The van der Waals surface area contributed by atoms with Crippen LogP contribution in [0.25, 0.3) is 0 Å². The highest BCUT2D eigenvalue weighted by atomic mass is 16.6. The van der Waals surface area contributed by atoms with Crippen molar-refractivity contribution in [2.45, 2.75) is 64.7 Å². The normalized spacial score (nSPS) is 20.7. The molecule has 2 N–H and O–H groups in total. The quantitative estimate of drug-likeness (QED) is 0.818. The fourth-order valence-corrected chi connectivity index (χ4v) is 2.15. The van der Waals surface area contributed by atoms with Crippen LogP contribution in [-0.2, 0) is 4.74 Å². The predicted molar refractivity (Wildman–Crippen MR) is 75.1 cm³/mol. The van der Waals surface area contributed by atoms with Gasteiger partial charge in [0.05, 0.1) is 5.60 Å². The molecule has 0 aromatic carbocycles. The summed E-state index contributed by atoms with van der Waals surface area (Å²) in [5.74, 6) is 0. The third-order valence-corrected chi connectivity index (χ3v) is 2.94. The molecule has 0 spiro atoms. The summed E-state index contributed by atoms with van der Waals surface area (Å²) >= 11 is 0. The van der Waals surface area contributed by atoms with Crippen molar-refractivity contribution in [3.05, 3.63) is 0 Å². The van der Waals surface area contributed by atoms with Gasteiger partial charge in [0.1, 0.15) is 5.60 Å². The molecule has 1 atom stereocenters. The van der Waals surface area contributed by atoms with Gasteiger partial charge in [0.15, 0.2) is 0 Å². The number of ether oxygens (including phenoxy) is 1. The summed E-state index contributed by atoms with van der Waals surface area (Å²) in [6.45, 7) is 11.1. The Balaban J connectivity index is 2.43. The molecule has 1 aliphatic rings. The van der Waals surface area contributed by atoms with Crippen LogP contribution < -0.4 is 5.32 Å². The predicted octanol–water partition coefficient (Wildman–Crippen LogP) is 1.75. The lowest BCUT2D eigenvalue weighted by Crippen LogP contribution is -2.46. The number of nitrogens with zero attached hydrogens (tertiary/aromatic N) is 1. The first-order valence-electron chi connectivity index (χ1n) is 7.01. The Labute approximate surface area is 116 Å². The highest BCUT2D eigenvalue weighted by Gasteiger charge is 2.32. The minimum atomic E-state index is -0.727. The van der Waals surface area contributed by atoms with Gasteiger partial charge >= 0.3 is 6.09 Å². The van der Waals surface area contributed by atoms with Crippen molar-refractivity contribution in [3.8, 4) is 0 Å². The van der Waals surface area contributed by atoms with Gasteiger partial charge in [-0.05, 0) is 47.5 Å². The molecule has 0 bridgehead atoms. The number of rotatable bonds is 4. The Morgan fingerprint density at radius 1 is 1.37 bits per heavy atom. The van der Waals surface area contributed by atoms with Gasteiger partial charge in [-0.15, -0.1) is 0 Å². The van der Waals surface area contributed by atoms with E-state index < -0.39 is 11.2 Å². The molecular weight excluding hydrogens is 244 g/mol. The number of carbonyl (C=O) groups is 1. The second kappa shape index (κ2) is 6.09. The fourth-order valence-electron chi connectivity index (χ4n) is 2.15. The van der Waals surface area contributed by atoms with Crippen molar-refractivity contribution >= 4 is 6.09 Å². The van der Waals surface area contributed by atoms with Crippen LogP contribution in [0.2, 0.25) is 0 Å². The molecule has 1 aliphatic heterocycles. The molecule has 0 radical (unpaired) electrons. The average molecular weight is 272 g/mol. The topological polar surface area (TPSA) is 61.8 Å². The molecule has 19 heavy (non-hydrogen) atoms. The van der Waals surface area contributed by atoms with Crippen LogP contribution in [-0.4, -0.2) is 53.0 Å². The third-order valence-electron chi connectivity index (χ3n) is 2.94. The summed E-state index contributed by atoms with van der Waals surface area (Å²) in [4.78, 5) is 13.9. The highest BCUT2D eigenvalue weighted by molar-refractivity contribution is 5.69. The maximum Gasteiger partial charge on any atom is 0.410 e. The van der Waals surface area contributed by atoms with Gasteiger partial charge in [-0.25, -0.2) is 4.79 Å². The van der Waals surface area contributed by atoms with Crippen LogP contribution in [0.15, 0.2) is 0 Å². The monoisotopic (exact) mass is 272 g/mol. The average Bonchev–Trinajstić information content (AvgIpc) is 2.61. The van der Waals surface area contributed by atoms with E-state index in [4.69, 9.17) is 4.74 Å². The Morgan fingerprint density at radius 3 is 2.53 bits per heavy atom. The molecular formula is C14H28N2O3. The molecule has 0 aromatic rings. The van der Waals surface area contributed by atoms with E-state index in [2.05, 4.69) is 5.32 Å². The van der Waals surface area contributed by atoms with E-state index >= 15 is 0 Å². The molecule has 5 heteroatoms. The molecule has 1 heterocycles. The fraction of sp³-hybridized carbons (Fsp3) is 0.929. The molecule has 0 aromatic heterocycles. The molecule has 1 fully saturated rings. The van der Waals surface area contributed by atoms with E-state index in [1.807, 2.05) is 20.8 Å². The Bertz CT molecular complexity index is 305. The number of likely N-dealkylation sites (tertiary alicyclic amines) is 1. The van der Waals surface area contributed by atoms with Gasteiger partial charge in [-0.1, -0.05) is 0 Å². The zero-order chi connectivity index (χ0) is 14.7. The highest BCUT2D eigenvalue weighted by Crippen LogP contribution is 2.20. The summed E-state index contributed by atoms with van der Waals surface area (Å²) in [7, 11) is 0. The van der Waals surface area contributed by atoms with E-state index in [0.717, 1.165) is 19.4 Å². The summed E-state index contributed by atoms with van der Waals surface area (Å²) in [6, 6.07) is 0.164. The summed E-state index contributed by atoms with van der Waals surface area (Å²) in [6.07, 6.45) is 1.76. The Kier molecular flexibility index (Phi) is 5.21. The van der Waals surface area contributed by atoms with Crippen LogP contribution in [0, 0.1) is 0 Å². The lowest BCUT2D eigenvalue weighted by molar-refractivity contribution is 0.0220. The molecule has 1 saturated heterocycles. The van der Waals surface area contributed by atoms with Gasteiger partial charge in [-0.3, -0.25) is 0 Å². The van der Waals surface area contributed by atoms with E-state index in [1.54, 1.807) is 18.7 Å². The summed E-state index contributed by atoms with van der Waals surface area (Å²) in [5, 5.41) is 12.9. The van der Waals surface area contributed by atoms with E-state index in [0.29, 0.717) is 13.1 Å². The third kappa shape index (κ3) is 6.25. The zero-order valence-corrected chi connectivity index (χ0v) is 12.8. The van der Waals surface area contributed by atoms with Gasteiger partial charge in [0, 0.05) is 25.7 Å². The number of hydrogen-bond donors (Lipinski definition) is 2. The number of hydrogen-bond acceptors (Lipinski definition) is 4. The second-order valence-electron chi connectivity index (χ2n) is 6.91. The van der Waals surface area contributed by atoms with Gasteiger partial charge in [-0.2, -0.15) is 0 Å². The first-order valence-corrected chi connectivity index (χ1v) is 7.01. The van der Waals surface area contributed by atoms with Gasteiger partial charge in [0.25, 0.3) is 0 Å². The van der Waals surface area contributed by atoms with Gasteiger partial charge in [0.2, 0.25) is 0 Å². The largest absolute Gasteiger partial charge is 0.444 e. The molecule has 1 amide bonds. The maximum absolute atomic E-state index is 12.1. The number of carbonyl (C=O) groups excluding carboxylic acids is 1. The molecule has 5 nitrogen and oxygen atoms in total. The Hall–Kier alpha value is -0.810. The van der Waals surface area contributed by atoms with Crippen LogP contribution in [0.4, 0.5) is 4.79 Å². The lowest BCUT2D eigenvalue weighted by Gasteiger charge is -2.29. The van der Waals surface area contributed by atoms with Crippen LogP contribution in [0.1, 0.15) is 47.5 Å². The van der Waals surface area contributed by atoms with E-state index in [9.17, 15) is 9.90 Å². The first kappa shape index (κ1) is 16.2. The molecule has 1 unspecified atom stereocenters. The Morgan fingerprint density at radius 2 is 2.00 bits per heavy atom. The van der Waals surface area contributed by atoms with Crippen LogP contribution in [0.3, 0.4) is 0 Å². The van der Waals surface area contributed by atoms with Crippen molar-refractivity contribution < 1.29 is 14.6 Å². The molecule has 1 rings (SSSR count). The van der Waals surface area contributed by atoms with Crippen LogP contribution in [0.5, 0.6) is 0 Å². The van der Waals surface area contributed by atoms with Crippen molar-refractivity contribution in [1.29, 1.82) is 0 Å². The smallest absolute Gasteiger partial charge is 0.410 e. The second-order valence-corrected chi connectivity index (χ2v) is 6.91. The lowest BCUT2D eigenvalue weighted by atomic mass is 10.1. The van der Waals surface area contributed by atoms with E-state index in [-0.39, 0.29) is 12.1 Å². The van der Waals surface area contributed by atoms with Crippen molar-refractivity contribution in [1.82, 2.24) is 10.2 Å². The van der Waals surface area contributed by atoms with Crippen molar-refractivity contribution in [2.75, 3.05) is 19.6 Å². The van der Waals surface area contributed by atoms with Crippen molar-refractivity contribution in [3.63, 3.8) is 0 Å². The number of aliphatic hydroxyl groups is 1. The standard InChI is InChI=1S/C14H28N2O3/c1-13(2,3)19-12(17)16-8-6-7-11(16)9-15-10-14(4,5)18/h11,15,18H,6-10H2,1-5H3. The number of amides is 1. The van der Waals surface area contributed by atoms with E-state index in [1.165, 1.54) is 0 Å². The molecule has 0 aliphatic carbocycles. The van der Waals surface area contributed by atoms with Crippen molar-refractivity contribution in [2.24, 2.45) is 0 Å². The molecule has 0 saturated carbocycles. The zero-order valence-electron chi connectivity index (χ0n) is 12.8. The summed E-state index contributed by atoms with van der Waals surface area (Å²) in [5.41, 5.74) is -1.18. The number of nitrogens with one attached hydrogen (secondary N) is 1. The SMILES string of the molecule is CC(C)(O)CNCC1CCCN1C(=O)OC(C)(C)C. The first-order chi connectivity index (χ1) is 8.58. The van der Waals surface area contributed by atoms with Crippen LogP contribution >= 0.6 is 0 Å². The minimum Gasteiger partial charge on any atom is -0.444 e. The molecule has 112 valence electrons. The maximum atomic E-state index is 12.1.